The summed E-state index contributed by atoms with van der Waals surface area (Å²) >= 11 is 0. The molecule has 34 heavy (non-hydrogen) atoms. The lowest BCUT2D eigenvalue weighted by Crippen LogP contribution is -2.46. The number of amides is 3. The van der Waals surface area contributed by atoms with Crippen molar-refractivity contribution in [2.24, 2.45) is 0 Å². The minimum absolute atomic E-state index is 0.0758. The van der Waals surface area contributed by atoms with Gasteiger partial charge in [0.15, 0.2) is 0 Å². The summed E-state index contributed by atoms with van der Waals surface area (Å²) in [5, 5.41) is 9.03. The number of allylic oxidation sites excluding steroid dienone is 1. The molecule has 7 nitrogen and oxygen atoms in total. The summed E-state index contributed by atoms with van der Waals surface area (Å²) in [5.74, 6) is -0.541. The number of imide groups is 1. The highest BCUT2D eigenvalue weighted by atomic mass is 16.5. The number of benzene rings is 2. The van der Waals surface area contributed by atoms with Crippen LogP contribution in [-0.4, -0.2) is 42.3 Å². The van der Waals surface area contributed by atoms with Gasteiger partial charge in [0.05, 0.1) is 30.9 Å². The fraction of sp³-hybridized carbons (Fsp3) is 0.333. The van der Waals surface area contributed by atoms with E-state index in [0.717, 1.165) is 24.2 Å². The Balaban J connectivity index is 1.62. The first-order valence-electron chi connectivity index (χ1n) is 11.5. The summed E-state index contributed by atoms with van der Waals surface area (Å²) in [5.41, 5.74) is 2.54. The van der Waals surface area contributed by atoms with E-state index >= 15 is 0 Å². The molecule has 1 saturated heterocycles. The molecule has 2 aromatic rings. The van der Waals surface area contributed by atoms with Gasteiger partial charge in [-0.25, -0.2) is 4.90 Å². The second-order valence-corrected chi connectivity index (χ2v) is 8.53. The Labute approximate surface area is 199 Å². The standard InChI is InChI=1S/C27H27N3O4/c1-34-23-9-5-8-21(16-23)26(32)29(15-14-19-6-3-2-4-7-19)24-17-25(31)30(27(24)33)22-12-10-20(18-28)11-13-22/h5-6,8-13,16,24H,2-4,7,14-15,17H2,1H3. The van der Waals surface area contributed by atoms with E-state index in [9.17, 15) is 14.4 Å². The molecule has 1 atom stereocenters. The van der Waals surface area contributed by atoms with Crippen molar-refractivity contribution >= 4 is 23.4 Å². The van der Waals surface area contributed by atoms with E-state index in [2.05, 4.69) is 6.08 Å². The molecule has 0 aromatic heterocycles. The van der Waals surface area contributed by atoms with Crippen molar-refractivity contribution in [1.82, 2.24) is 4.90 Å². The number of anilines is 1. The van der Waals surface area contributed by atoms with Crippen LogP contribution in [0.1, 0.15) is 54.4 Å². The molecular formula is C27H27N3O4. The molecule has 1 aliphatic carbocycles. The van der Waals surface area contributed by atoms with Crippen LogP contribution < -0.4 is 9.64 Å². The Morgan fingerprint density at radius 3 is 2.65 bits per heavy atom. The molecule has 0 bridgehead atoms. The molecule has 0 saturated carbocycles. The number of hydrogen-bond donors (Lipinski definition) is 0. The van der Waals surface area contributed by atoms with Crippen molar-refractivity contribution < 1.29 is 19.1 Å². The van der Waals surface area contributed by atoms with Gasteiger partial charge in [-0.05, 0) is 74.6 Å². The van der Waals surface area contributed by atoms with E-state index < -0.39 is 11.9 Å². The third-order valence-corrected chi connectivity index (χ3v) is 6.39. The van der Waals surface area contributed by atoms with Crippen molar-refractivity contribution in [2.45, 2.75) is 44.6 Å². The van der Waals surface area contributed by atoms with E-state index in [-0.39, 0.29) is 18.2 Å². The van der Waals surface area contributed by atoms with Crippen LogP contribution in [0.25, 0.3) is 0 Å². The summed E-state index contributed by atoms with van der Waals surface area (Å²) < 4.78 is 5.27. The van der Waals surface area contributed by atoms with Crippen LogP contribution in [0.15, 0.2) is 60.2 Å². The molecule has 1 aliphatic heterocycles. The number of rotatable bonds is 7. The highest BCUT2D eigenvalue weighted by Crippen LogP contribution is 2.29. The molecule has 174 valence electrons. The first-order chi connectivity index (χ1) is 16.5. The molecule has 0 radical (unpaired) electrons. The maximum Gasteiger partial charge on any atom is 0.257 e. The summed E-state index contributed by atoms with van der Waals surface area (Å²) in [6.45, 7) is 0.354. The summed E-state index contributed by atoms with van der Waals surface area (Å²) in [7, 11) is 1.53. The van der Waals surface area contributed by atoms with Gasteiger partial charge in [0.25, 0.3) is 11.8 Å². The van der Waals surface area contributed by atoms with Crippen molar-refractivity contribution in [2.75, 3.05) is 18.6 Å². The molecule has 1 heterocycles. The molecule has 1 unspecified atom stereocenters. The molecule has 2 aromatic carbocycles. The normalized spacial score (nSPS) is 17.8. The molecular weight excluding hydrogens is 430 g/mol. The van der Waals surface area contributed by atoms with Crippen LogP contribution in [-0.2, 0) is 9.59 Å². The molecule has 7 heteroatoms. The lowest BCUT2D eigenvalue weighted by molar-refractivity contribution is -0.122. The molecule has 1 fully saturated rings. The SMILES string of the molecule is COc1cccc(C(=O)N(CCC2=CCCCC2)C2CC(=O)N(c3ccc(C#N)cc3)C2=O)c1. The van der Waals surface area contributed by atoms with Crippen LogP contribution in [0.2, 0.25) is 0 Å². The fourth-order valence-corrected chi connectivity index (χ4v) is 4.53. The molecule has 0 spiro atoms. The topological polar surface area (TPSA) is 90.7 Å². The Hall–Kier alpha value is -3.92. The number of carbonyl (C=O) groups excluding carboxylic acids is 3. The van der Waals surface area contributed by atoms with E-state index in [1.54, 1.807) is 48.5 Å². The van der Waals surface area contributed by atoms with Gasteiger partial charge in [-0.1, -0.05) is 17.7 Å². The van der Waals surface area contributed by atoms with Gasteiger partial charge in [0.2, 0.25) is 5.91 Å². The zero-order valence-corrected chi connectivity index (χ0v) is 19.2. The average Bonchev–Trinajstić information content (AvgIpc) is 3.18. The minimum Gasteiger partial charge on any atom is -0.497 e. The number of nitrogens with zero attached hydrogens (tertiary/aromatic N) is 3. The largest absolute Gasteiger partial charge is 0.497 e. The number of ether oxygens (including phenoxy) is 1. The van der Waals surface area contributed by atoms with Gasteiger partial charge in [-0.2, -0.15) is 5.26 Å². The zero-order valence-electron chi connectivity index (χ0n) is 19.2. The van der Waals surface area contributed by atoms with Crippen LogP contribution in [0.3, 0.4) is 0 Å². The third kappa shape index (κ3) is 4.86. The first-order valence-corrected chi connectivity index (χ1v) is 11.5. The van der Waals surface area contributed by atoms with Gasteiger partial charge in [-0.3, -0.25) is 14.4 Å². The average molecular weight is 458 g/mol. The van der Waals surface area contributed by atoms with Gasteiger partial charge in [-0.15, -0.1) is 0 Å². The smallest absolute Gasteiger partial charge is 0.257 e. The van der Waals surface area contributed by atoms with Crippen LogP contribution in [0.5, 0.6) is 5.75 Å². The quantitative estimate of drug-likeness (QED) is 0.458. The Bertz CT molecular complexity index is 1160. The number of hydrogen-bond acceptors (Lipinski definition) is 5. The Morgan fingerprint density at radius 1 is 1.18 bits per heavy atom. The summed E-state index contributed by atoms with van der Waals surface area (Å²) in [4.78, 5) is 42.6. The molecule has 2 aliphatic rings. The molecule has 4 rings (SSSR count). The van der Waals surface area contributed by atoms with Crippen LogP contribution in [0, 0.1) is 11.3 Å². The maximum absolute atomic E-state index is 13.6. The van der Waals surface area contributed by atoms with Gasteiger partial charge in [0, 0.05) is 12.1 Å². The van der Waals surface area contributed by atoms with E-state index in [0.29, 0.717) is 35.5 Å². The van der Waals surface area contributed by atoms with Crippen LogP contribution >= 0.6 is 0 Å². The summed E-state index contributed by atoms with van der Waals surface area (Å²) in [6.07, 6.45) is 7.15. The van der Waals surface area contributed by atoms with E-state index in [1.165, 1.54) is 24.0 Å². The number of methoxy groups -OCH3 is 1. The second kappa shape index (κ2) is 10.3. The van der Waals surface area contributed by atoms with Crippen molar-refractivity contribution in [1.29, 1.82) is 5.26 Å². The van der Waals surface area contributed by atoms with Gasteiger partial charge < -0.3 is 9.64 Å². The van der Waals surface area contributed by atoms with Gasteiger partial charge >= 0.3 is 0 Å². The monoisotopic (exact) mass is 457 g/mol. The minimum atomic E-state index is -0.883. The Kier molecular flexibility index (Phi) is 7.07. The second-order valence-electron chi connectivity index (χ2n) is 8.53. The maximum atomic E-state index is 13.6. The van der Waals surface area contributed by atoms with Crippen molar-refractivity contribution in [3.63, 3.8) is 0 Å². The number of carbonyl (C=O) groups is 3. The molecule has 3 amide bonds. The number of nitriles is 1. The van der Waals surface area contributed by atoms with Crippen molar-refractivity contribution in [3.05, 3.63) is 71.3 Å². The Morgan fingerprint density at radius 2 is 1.97 bits per heavy atom. The fourth-order valence-electron chi connectivity index (χ4n) is 4.53. The third-order valence-electron chi connectivity index (χ3n) is 6.39. The van der Waals surface area contributed by atoms with E-state index in [1.807, 2.05) is 6.07 Å². The van der Waals surface area contributed by atoms with Gasteiger partial charge in [0.1, 0.15) is 11.8 Å². The first kappa shape index (κ1) is 23.2. The summed E-state index contributed by atoms with van der Waals surface area (Å²) in [6, 6.07) is 14.3. The zero-order chi connectivity index (χ0) is 24.1. The lowest BCUT2D eigenvalue weighted by atomic mass is 9.96. The highest BCUT2D eigenvalue weighted by molar-refractivity contribution is 6.23. The predicted molar refractivity (Wildman–Crippen MR) is 127 cm³/mol. The predicted octanol–water partition coefficient (Wildman–Crippen LogP) is 4.23. The van der Waals surface area contributed by atoms with Crippen LogP contribution in [0.4, 0.5) is 5.69 Å². The lowest BCUT2D eigenvalue weighted by Gasteiger charge is -2.29. The van der Waals surface area contributed by atoms with E-state index in [4.69, 9.17) is 10.00 Å². The molecule has 0 N–H and O–H groups in total. The highest BCUT2D eigenvalue weighted by Gasteiger charge is 2.44. The van der Waals surface area contributed by atoms with Crippen molar-refractivity contribution in [3.8, 4) is 11.8 Å².